The molecule has 0 aliphatic heterocycles. The maximum absolute atomic E-state index is 12.7. The van der Waals surface area contributed by atoms with Gasteiger partial charge in [0.25, 0.3) is 5.91 Å². The molecule has 1 amide bonds. The molecule has 0 fully saturated rings. The third-order valence-electron chi connectivity index (χ3n) is 3.87. The van der Waals surface area contributed by atoms with Crippen molar-refractivity contribution in [3.8, 4) is 11.5 Å². The van der Waals surface area contributed by atoms with Crippen LogP contribution in [0, 0.1) is 0 Å². The van der Waals surface area contributed by atoms with E-state index in [0.717, 1.165) is 18.2 Å². The summed E-state index contributed by atoms with van der Waals surface area (Å²) in [5.74, 6) is -3.17. The van der Waals surface area contributed by atoms with Crippen LogP contribution < -0.4 is 10.1 Å². The molecule has 0 saturated carbocycles. The van der Waals surface area contributed by atoms with Crippen LogP contribution in [0.5, 0.6) is 11.5 Å². The fourth-order valence-electron chi connectivity index (χ4n) is 2.06. The molecule has 2 aromatic rings. The average Bonchev–Trinajstić information content (AvgIpc) is 2.66. The van der Waals surface area contributed by atoms with Gasteiger partial charge in [-0.15, -0.1) is 0 Å². The Balaban J connectivity index is 2.10. The molecule has 160 valence electrons. The molecule has 1 atom stereocenters. The molecule has 0 aliphatic rings. The Labute approximate surface area is 168 Å². The molecule has 0 bridgehead atoms. The predicted octanol–water partition coefficient (Wildman–Crippen LogP) is 2.84. The Morgan fingerprint density at radius 3 is 2.30 bits per heavy atom. The number of nitrogens with zero attached hydrogens (tertiary/aromatic N) is 1. The maximum Gasteiger partial charge on any atom is 0.426 e. The average molecular weight is 426 g/mol. The number of alkyl halides is 3. The van der Waals surface area contributed by atoms with Gasteiger partial charge >= 0.3 is 12.1 Å². The van der Waals surface area contributed by atoms with E-state index in [-0.39, 0.29) is 17.0 Å². The number of oxime groups is 1. The largest absolute Gasteiger partial charge is 0.507 e. The Bertz CT molecular complexity index is 956. The minimum absolute atomic E-state index is 0.160. The molecule has 2 aromatic carbocycles. The Hall–Kier alpha value is -3.60. The predicted molar refractivity (Wildman–Crippen MR) is 99.4 cm³/mol. The van der Waals surface area contributed by atoms with Crippen LogP contribution in [-0.4, -0.2) is 47.2 Å². The second-order valence-electron chi connectivity index (χ2n) is 6.13. The van der Waals surface area contributed by atoms with Crippen LogP contribution >= 0.6 is 0 Å². The number of rotatable bonds is 6. The zero-order valence-electron chi connectivity index (χ0n) is 15.7. The summed E-state index contributed by atoms with van der Waals surface area (Å²) >= 11 is 0. The summed E-state index contributed by atoms with van der Waals surface area (Å²) in [5.41, 5.74) is -3.52. The van der Waals surface area contributed by atoms with Crippen molar-refractivity contribution in [2.45, 2.75) is 18.7 Å². The van der Waals surface area contributed by atoms with Gasteiger partial charge in [0.05, 0.1) is 6.21 Å². The van der Waals surface area contributed by atoms with Gasteiger partial charge in [-0.25, -0.2) is 4.79 Å². The Kier molecular flexibility index (Phi) is 6.67. The molecule has 0 heterocycles. The number of phenolic OH excluding ortho intramolecular Hbond substituents is 1. The fraction of sp³-hybridized carbons (Fsp3) is 0.211. The van der Waals surface area contributed by atoms with E-state index in [2.05, 4.69) is 9.99 Å². The van der Waals surface area contributed by atoms with Crippen molar-refractivity contribution < 1.29 is 42.5 Å². The van der Waals surface area contributed by atoms with Gasteiger partial charge in [0.2, 0.25) is 5.60 Å². The summed E-state index contributed by atoms with van der Waals surface area (Å²) in [6.45, 7) is 0.292. The van der Waals surface area contributed by atoms with Gasteiger partial charge in [0, 0.05) is 11.8 Å². The molecule has 11 heteroatoms. The van der Waals surface area contributed by atoms with E-state index in [4.69, 9.17) is 4.74 Å². The lowest BCUT2D eigenvalue weighted by Crippen LogP contribution is -2.52. The highest BCUT2D eigenvalue weighted by molar-refractivity contribution is 5.99. The van der Waals surface area contributed by atoms with E-state index in [1.165, 1.54) is 25.5 Å². The summed E-state index contributed by atoms with van der Waals surface area (Å²) in [4.78, 5) is 28.4. The zero-order chi connectivity index (χ0) is 22.5. The number of hydrogen-bond donors (Lipinski definition) is 3. The highest BCUT2D eigenvalue weighted by Gasteiger charge is 2.55. The standard InChI is InChI=1S/C19H17F3N2O6/c1-18(28,19(20,21)22)17(27)24-12-5-8-14(15(25)9-12)16(26)30-13-6-3-11(4-7-13)10-23-29-2/h3-10,25,28H,1-2H3,(H,24,27). The molecule has 0 aliphatic carbocycles. The summed E-state index contributed by atoms with van der Waals surface area (Å²) in [7, 11) is 1.38. The van der Waals surface area contributed by atoms with Crippen LogP contribution in [0.1, 0.15) is 22.8 Å². The van der Waals surface area contributed by atoms with E-state index in [1.54, 1.807) is 12.1 Å². The molecule has 1 unspecified atom stereocenters. The van der Waals surface area contributed by atoms with E-state index < -0.39 is 29.4 Å². The number of carbonyl (C=O) groups excluding carboxylic acids is 2. The lowest BCUT2D eigenvalue weighted by Gasteiger charge is -2.24. The molecule has 2 rings (SSSR count). The van der Waals surface area contributed by atoms with Gasteiger partial charge in [-0.3, -0.25) is 4.79 Å². The van der Waals surface area contributed by atoms with Gasteiger partial charge in [-0.2, -0.15) is 13.2 Å². The summed E-state index contributed by atoms with van der Waals surface area (Å²) < 4.78 is 43.2. The third kappa shape index (κ3) is 5.26. The first-order valence-electron chi connectivity index (χ1n) is 8.28. The number of phenols is 1. The van der Waals surface area contributed by atoms with E-state index in [0.29, 0.717) is 12.5 Å². The van der Waals surface area contributed by atoms with Gasteiger partial charge < -0.3 is 25.1 Å². The van der Waals surface area contributed by atoms with Crippen LogP contribution in [0.15, 0.2) is 47.6 Å². The maximum atomic E-state index is 12.7. The first-order chi connectivity index (χ1) is 14.0. The number of aromatic hydroxyl groups is 1. The second-order valence-corrected chi connectivity index (χ2v) is 6.13. The minimum Gasteiger partial charge on any atom is -0.507 e. The molecule has 0 aromatic heterocycles. The van der Waals surface area contributed by atoms with Crippen LogP contribution in [-0.2, 0) is 9.63 Å². The van der Waals surface area contributed by atoms with E-state index in [1.807, 2.05) is 5.32 Å². The highest BCUT2D eigenvalue weighted by atomic mass is 19.4. The molecule has 0 radical (unpaired) electrons. The number of benzene rings is 2. The van der Waals surface area contributed by atoms with Crippen molar-refractivity contribution in [1.82, 2.24) is 0 Å². The van der Waals surface area contributed by atoms with Crippen molar-refractivity contribution in [1.29, 1.82) is 0 Å². The normalized spacial score (nSPS) is 13.5. The second kappa shape index (κ2) is 8.82. The van der Waals surface area contributed by atoms with Crippen LogP contribution in [0.2, 0.25) is 0 Å². The smallest absolute Gasteiger partial charge is 0.426 e. The third-order valence-corrected chi connectivity index (χ3v) is 3.87. The lowest BCUT2D eigenvalue weighted by molar-refractivity contribution is -0.242. The summed E-state index contributed by atoms with van der Waals surface area (Å²) in [5, 5.41) is 24.7. The number of esters is 1. The number of anilines is 1. The highest BCUT2D eigenvalue weighted by Crippen LogP contribution is 2.32. The zero-order valence-corrected chi connectivity index (χ0v) is 15.7. The molecule has 8 nitrogen and oxygen atoms in total. The molecule has 3 N–H and O–H groups in total. The SMILES string of the molecule is CON=Cc1ccc(OC(=O)c2ccc(NC(=O)C(C)(O)C(F)(F)F)cc2O)cc1. The quantitative estimate of drug-likeness (QED) is 0.283. The first kappa shape index (κ1) is 22.7. The van der Waals surface area contributed by atoms with Crippen molar-refractivity contribution in [3.05, 3.63) is 53.6 Å². The van der Waals surface area contributed by atoms with Gasteiger partial charge in [-0.1, -0.05) is 5.16 Å². The summed E-state index contributed by atoms with van der Waals surface area (Å²) in [6.07, 6.45) is -3.77. The number of ether oxygens (including phenoxy) is 1. The number of aliphatic hydroxyl groups is 1. The lowest BCUT2D eigenvalue weighted by atomic mass is 10.1. The number of nitrogens with one attached hydrogen (secondary N) is 1. The van der Waals surface area contributed by atoms with Crippen molar-refractivity contribution in [2.75, 3.05) is 12.4 Å². The molecule has 0 saturated heterocycles. The topological polar surface area (TPSA) is 117 Å². The van der Waals surface area contributed by atoms with E-state index in [9.17, 15) is 33.0 Å². The molecular formula is C19H17F3N2O6. The molecular weight excluding hydrogens is 409 g/mol. The van der Waals surface area contributed by atoms with Gasteiger partial charge in [0.1, 0.15) is 24.2 Å². The Morgan fingerprint density at radius 1 is 1.13 bits per heavy atom. The number of carbonyl (C=O) groups is 2. The number of amides is 1. The Morgan fingerprint density at radius 2 is 1.77 bits per heavy atom. The van der Waals surface area contributed by atoms with Crippen molar-refractivity contribution >= 4 is 23.8 Å². The monoisotopic (exact) mass is 426 g/mol. The van der Waals surface area contributed by atoms with E-state index >= 15 is 0 Å². The minimum atomic E-state index is -5.20. The fourth-order valence-corrected chi connectivity index (χ4v) is 2.06. The van der Waals surface area contributed by atoms with Crippen molar-refractivity contribution in [2.24, 2.45) is 5.16 Å². The van der Waals surface area contributed by atoms with Crippen molar-refractivity contribution in [3.63, 3.8) is 0 Å². The number of halogens is 3. The van der Waals surface area contributed by atoms with Crippen LogP contribution in [0.3, 0.4) is 0 Å². The molecule has 30 heavy (non-hydrogen) atoms. The molecule has 0 spiro atoms. The van der Waals surface area contributed by atoms with Gasteiger partial charge in [-0.05, 0) is 48.9 Å². The summed E-state index contributed by atoms with van der Waals surface area (Å²) in [6, 6.07) is 9.11. The van der Waals surface area contributed by atoms with Crippen LogP contribution in [0.25, 0.3) is 0 Å². The number of hydrogen-bond acceptors (Lipinski definition) is 7. The van der Waals surface area contributed by atoms with Gasteiger partial charge in [0.15, 0.2) is 0 Å². The first-order valence-corrected chi connectivity index (χ1v) is 8.28. The van der Waals surface area contributed by atoms with Crippen LogP contribution in [0.4, 0.5) is 18.9 Å².